The minimum atomic E-state index is -0.489. The third-order valence-corrected chi connectivity index (χ3v) is 6.54. The number of halogens is 2. The van der Waals surface area contributed by atoms with Crippen LogP contribution in [-0.4, -0.2) is 30.3 Å². The maximum atomic E-state index is 13.9. The largest absolute Gasteiger partial charge is 0.365 e. The monoisotopic (exact) mass is 467 g/mol. The minimum Gasteiger partial charge on any atom is -0.365 e. The van der Waals surface area contributed by atoms with E-state index in [0.717, 1.165) is 40.6 Å². The fourth-order valence-corrected chi connectivity index (χ4v) is 5.15. The van der Waals surface area contributed by atoms with Crippen molar-refractivity contribution in [2.24, 2.45) is 5.73 Å². The molecule has 0 bridgehead atoms. The van der Waals surface area contributed by atoms with Crippen LogP contribution in [0.3, 0.4) is 0 Å². The van der Waals surface area contributed by atoms with Crippen LogP contribution < -0.4 is 11.1 Å². The molecule has 0 atom stereocenters. The number of nitrogens with one attached hydrogen (secondary N) is 1. The summed E-state index contributed by atoms with van der Waals surface area (Å²) < 4.78 is 14.7. The second-order valence-corrected chi connectivity index (χ2v) is 9.07. The Bertz CT molecular complexity index is 900. The van der Waals surface area contributed by atoms with Crippen molar-refractivity contribution >= 4 is 44.1 Å². The Labute approximate surface area is 176 Å². The van der Waals surface area contributed by atoms with E-state index in [1.165, 1.54) is 17.4 Å². The summed E-state index contributed by atoms with van der Waals surface area (Å²) in [5.74, 6) is -0.936. The number of fused-ring (bicyclic) bond motifs is 1. The number of aryl methyl sites for hydroxylation is 1. The first kappa shape index (κ1) is 21.0. The maximum absolute atomic E-state index is 13.9. The highest BCUT2D eigenvalue weighted by molar-refractivity contribution is 9.10. The van der Waals surface area contributed by atoms with Gasteiger partial charge in [-0.05, 0) is 56.5 Å². The number of carbonyl (C=O) groups excluding carboxylic acids is 2. The summed E-state index contributed by atoms with van der Waals surface area (Å²) in [4.78, 5) is 27.3. The highest BCUT2D eigenvalue weighted by Crippen LogP contribution is 2.37. The number of amides is 2. The van der Waals surface area contributed by atoms with Crippen molar-refractivity contribution in [3.63, 3.8) is 0 Å². The summed E-state index contributed by atoms with van der Waals surface area (Å²) in [7, 11) is 1.84. The molecular weight excluding hydrogens is 445 g/mol. The number of hydrogen-bond acceptors (Lipinski definition) is 4. The molecule has 150 valence electrons. The van der Waals surface area contributed by atoms with Crippen LogP contribution >= 0.6 is 27.3 Å². The van der Waals surface area contributed by atoms with Gasteiger partial charge in [-0.2, -0.15) is 0 Å². The molecule has 1 aromatic heterocycles. The Morgan fingerprint density at radius 3 is 2.82 bits per heavy atom. The van der Waals surface area contributed by atoms with Crippen LogP contribution in [0.1, 0.15) is 45.6 Å². The number of rotatable bonds is 7. The highest BCUT2D eigenvalue weighted by atomic mass is 79.9. The molecule has 1 aromatic carbocycles. The third-order valence-electron chi connectivity index (χ3n) is 4.84. The van der Waals surface area contributed by atoms with E-state index in [-0.39, 0.29) is 18.1 Å². The smallest absolute Gasteiger partial charge is 0.251 e. The molecule has 0 saturated heterocycles. The molecule has 0 aliphatic heterocycles. The van der Waals surface area contributed by atoms with Crippen molar-refractivity contribution in [2.45, 2.75) is 38.6 Å². The molecule has 1 heterocycles. The zero-order chi connectivity index (χ0) is 20.3. The van der Waals surface area contributed by atoms with Gasteiger partial charge in [0.05, 0.1) is 5.56 Å². The van der Waals surface area contributed by atoms with Crippen LogP contribution in [0.4, 0.5) is 9.39 Å². The second kappa shape index (κ2) is 9.15. The summed E-state index contributed by atoms with van der Waals surface area (Å²) in [5.41, 5.74) is 7.60. The summed E-state index contributed by atoms with van der Waals surface area (Å²) in [6, 6.07) is 4.81. The Morgan fingerprint density at radius 2 is 2.07 bits per heavy atom. The lowest BCUT2D eigenvalue weighted by atomic mass is 9.95. The summed E-state index contributed by atoms with van der Waals surface area (Å²) in [6.07, 6.45) is 4.13. The molecule has 0 radical (unpaired) electrons. The van der Waals surface area contributed by atoms with Gasteiger partial charge < -0.3 is 16.0 Å². The molecule has 0 spiro atoms. The molecule has 5 nitrogen and oxygen atoms in total. The van der Waals surface area contributed by atoms with Gasteiger partial charge in [0.1, 0.15) is 10.8 Å². The number of hydrogen-bond donors (Lipinski definition) is 2. The average molecular weight is 468 g/mol. The van der Waals surface area contributed by atoms with E-state index < -0.39 is 5.91 Å². The van der Waals surface area contributed by atoms with Crippen LogP contribution in [0.25, 0.3) is 0 Å². The van der Waals surface area contributed by atoms with Crippen molar-refractivity contribution in [2.75, 3.05) is 18.9 Å². The van der Waals surface area contributed by atoms with E-state index in [4.69, 9.17) is 5.73 Å². The van der Waals surface area contributed by atoms with Crippen molar-refractivity contribution in [1.82, 2.24) is 4.90 Å². The minimum absolute atomic E-state index is 0.178. The molecule has 1 aliphatic rings. The predicted octanol–water partition coefficient (Wildman–Crippen LogP) is 4.09. The normalized spacial score (nSPS) is 13.4. The first-order valence-electron chi connectivity index (χ1n) is 9.22. The molecule has 2 amide bonds. The zero-order valence-corrected chi connectivity index (χ0v) is 18.1. The molecule has 3 N–H and O–H groups in total. The van der Waals surface area contributed by atoms with E-state index in [2.05, 4.69) is 21.2 Å². The Morgan fingerprint density at radius 1 is 1.32 bits per heavy atom. The SMILES string of the molecule is CN(CCC(=O)Nc1sc2c(c1C(N)=O)CCCC2)Cc1cc(Br)ccc1F. The van der Waals surface area contributed by atoms with Gasteiger partial charge in [-0.15, -0.1) is 11.3 Å². The molecule has 0 unspecified atom stereocenters. The van der Waals surface area contributed by atoms with Crippen LogP contribution in [0.5, 0.6) is 0 Å². The number of carbonyl (C=O) groups is 2. The van der Waals surface area contributed by atoms with Crippen LogP contribution in [-0.2, 0) is 24.2 Å². The van der Waals surface area contributed by atoms with Gasteiger partial charge >= 0.3 is 0 Å². The van der Waals surface area contributed by atoms with Crippen LogP contribution in [0, 0.1) is 5.82 Å². The van der Waals surface area contributed by atoms with Gasteiger partial charge in [0, 0.05) is 34.4 Å². The van der Waals surface area contributed by atoms with Crippen molar-refractivity contribution in [3.05, 3.63) is 50.1 Å². The standard InChI is InChI=1S/C20H23BrFN3O2S/c1-25(11-12-10-13(21)6-7-15(12)22)9-8-17(26)24-20-18(19(23)27)14-4-2-3-5-16(14)28-20/h6-7,10H,2-5,8-9,11H2,1H3,(H2,23,27)(H,24,26). The lowest BCUT2D eigenvalue weighted by Crippen LogP contribution is -2.25. The van der Waals surface area contributed by atoms with Crippen molar-refractivity contribution < 1.29 is 14.0 Å². The molecule has 3 rings (SSSR count). The van der Waals surface area contributed by atoms with Gasteiger partial charge in [0.2, 0.25) is 5.91 Å². The second-order valence-electron chi connectivity index (χ2n) is 7.05. The van der Waals surface area contributed by atoms with Crippen molar-refractivity contribution in [1.29, 1.82) is 0 Å². The highest BCUT2D eigenvalue weighted by Gasteiger charge is 2.24. The third kappa shape index (κ3) is 4.98. The molecule has 0 fully saturated rings. The fourth-order valence-electron chi connectivity index (χ4n) is 3.43. The molecule has 2 aromatic rings. The number of anilines is 1. The number of nitrogens with two attached hydrogens (primary N) is 1. The van der Waals surface area contributed by atoms with Gasteiger partial charge in [0.15, 0.2) is 0 Å². The topological polar surface area (TPSA) is 75.4 Å². The lowest BCUT2D eigenvalue weighted by Gasteiger charge is -2.17. The number of benzene rings is 1. The van der Waals surface area contributed by atoms with Gasteiger partial charge in [0.25, 0.3) is 5.91 Å². The molecule has 8 heteroatoms. The molecular formula is C20H23BrFN3O2S. The Balaban J connectivity index is 1.59. The average Bonchev–Trinajstić information content (AvgIpc) is 3.01. The lowest BCUT2D eigenvalue weighted by molar-refractivity contribution is -0.116. The van der Waals surface area contributed by atoms with E-state index in [0.29, 0.717) is 29.2 Å². The fraction of sp³-hybridized carbons (Fsp3) is 0.400. The van der Waals surface area contributed by atoms with E-state index in [9.17, 15) is 14.0 Å². The van der Waals surface area contributed by atoms with E-state index in [1.807, 2.05) is 11.9 Å². The maximum Gasteiger partial charge on any atom is 0.251 e. The summed E-state index contributed by atoms with van der Waals surface area (Å²) in [6.45, 7) is 0.868. The number of nitrogens with zero attached hydrogens (tertiary/aromatic N) is 1. The quantitative estimate of drug-likeness (QED) is 0.643. The van der Waals surface area contributed by atoms with Gasteiger partial charge in [-0.25, -0.2) is 4.39 Å². The number of thiophene rings is 1. The van der Waals surface area contributed by atoms with E-state index >= 15 is 0 Å². The molecule has 0 saturated carbocycles. The van der Waals surface area contributed by atoms with Gasteiger partial charge in [-0.1, -0.05) is 15.9 Å². The molecule has 1 aliphatic carbocycles. The first-order chi connectivity index (χ1) is 13.3. The van der Waals surface area contributed by atoms with Crippen LogP contribution in [0.15, 0.2) is 22.7 Å². The first-order valence-corrected chi connectivity index (χ1v) is 10.8. The van der Waals surface area contributed by atoms with E-state index in [1.54, 1.807) is 12.1 Å². The Hall–Kier alpha value is -1.77. The summed E-state index contributed by atoms with van der Waals surface area (Å²) >= 11 is 4.80. The molecule has 28 heavy (non-hydrogen) atoms. The van der Waals surface area contributed by atoms with Crippen molar-refractivity contribution in [3.8, 4) is 0 Å². The Kier molecular flexibility index (Phi) is 6.85. The predicted molar refractivity (Wildman–Crippen MR) is 113 cm³/mol. The van der Waals surface area contributed by atoms with Crippen LogP contribution in [0.2, 0.25) is 0 Å². The number of primary amides is 1. The van der Waals surface area contributed by atoms with Gasteiger partial charge in [-0.3, -0.25) is 9.59 Å². The summed E-state index contributed by atoms with van der Waals surface area (Å²) in [5, 5.41) is 3.42. The zero-order valence-electron chi connectivity index (χ0n) is 15.7.